The molecule has 15 heavy (non-hydrogen) atoms. The molecule has 0 heterocycles. The molecule has 0 saturated heterocycles. The highest BCUT2D eigenvalue weighted by Gasteiger charge is 2.14. The van der Waals surface area contributed by atoms with Crippen molar-refractivity contribution in [3.63, 3.8) is 0 Å². The molecular formula is C6H12N2O5S2. The third kappa shape index (κ3) is 8.51. The summed E-state index contributed by atoms with van der Waals surface area (Å²) in [5.41, 5.74) is 10.4. The van der Waals surface area contributed by atoms with Gasteiger partial charge in [0, 0.05) is 17.0 Å². The van der Waals surface area contributed by atoms with Gasteiger partial charge in [0.15, 0.2) is 0 Å². The molecule has 0 saturated carbocycles. The van der Waals surface area contributed by atoms with E-state index >= 15 is 0 Å². The second-order valence-electron chi connectivity index (χ2n) is 2.46. The Bertz CT molecular complexity index is 194. The molecule has 0 aliphatic heterocycles. The lowest BCUT2D eigenvalue weighted by Crippen LogP contribution is -2.33. The van der Waals surface area contributed by atoms with Crippen LogP contribution in [0.4, 0.5) is 0 Å². The first kappa shape index (κ1) is 16.9. The van der Waals surface area contributed by atoms with Gasteiger partial charge in [-0.3, -0.25) is 9.59 Å². The topological polar surface area (TPSA) is 155 Å². The Morgan fingerprint density at radius 2 is 1.27 bits per heavy atom. The maximum absolute atomic E-state index is 10.3. The van der Waals surface area contributed by atoms with E-state index in [4.69, 9.17) is 21.7 Å². The van der Waals surface area contributed by atoms with E-state index in [-0.39, 0.29) is 17.0 Å². The van der Waals surface area contributed by atoms with Gasteiger partial charge in [-0.25, -0.2) is 0 Å². The summed E-state index contributed by atoms with van der Waals surface area (Å²) in [7, 11) is 2.41. The van der Waals surface area contributed by atoms with Crippen molar-refractivity contribution >= 4 is 33.5 Å². The van der Waals surface area contributed by atoms with Crippen LogP contribution < -0.4 is 11.5 Å². The SMILES string of the molecule is NC(CSSC[C@H](N)C(=O)O)C(=O)O.[O]. The molecule has 2 radical (unpaired) electrons. The highest BCUT2D eigenvalue weighted by Crippen LogP contribution is 2.22. The number of carboxylic acids is 2. The van der Waals surface area contributed by atoms with Gasteiger partial charge in [0.25, 0.3) is 0 Å². The van der Waals surface area contributed by atoms with Gasteiger partial charge in [-0.1, -0.05) is 21.6 Å². The summed E-state index contributed by atoms with van der Waals surface area (Å²) in [5, 5.41) is 16.8. The standard InChI is InChI=1S/C6H12N2O4S2.O/c7-3(5(9)10)1-13-14-2-4(8)6(11)12;/h3-4H,1-2,7-8H2,(H,9,10)(H,11,12);/t3-,4?;/m0./s1. The fourth-order valence-corrected chi connectivity index (χ4v) is 2.61. The molecule has 0 aromatic heterocycles. The Morgan fingerprint density at radius 1 is 1.00 bits per heavy atom. The van der Waals surface area contributed by atoms with Crippen molar-refractivity contribution in [3.8, 4) is 0 Å². The summed E-state index contributed by atoms with van der Waals surface area (Å²) in [6.07, 6.45) is 0. The van der Waals surface area contributed by atoms with Crippen molar-refractivity contribution in [1.82, 2.24) is 0 Å². The van der Waals surface area contributed by atoms with Crippen LogP contribution in [-0.4, -0.2) is 45.7 Å². The van der Waals surface area contributed by atoms with Crippen LogP contribution in [0.15, 0.2) is 0 Å². The van der Waals surface area contributed by atoms with E-state index in [0.717, 1.165) is 0 Å². The van der Waals surface area contributed by atoms with E-state index in [9.17, 15) is 9.59 Å². The van der Waals surface area contributed by atoms with Crippen LogP contribution in [0.5, 0.6) is 0 Å². The molecule has 88 valence electrons. The summed E-state index contributed by atoms with van der Waals surface area (Å²) in [5.74, 6) is -1.68. The van der Waals surface area contributed by atoms with E-state index in [1.54, 1.807) is 0 Å². The van der Waals surface area contributed by atoms with Gasteiger partial charge >= 0.3 is 11.9 Å². The smallest absolute Gasteiger partial charge is 0.321 e. The maximum Gasteiger partial charge on any atom is 0.321 e. The lowest BCUT2D eigenvalue weighted by molar-refractivity contribution is -0.138. The molecule has 0 rings (SSSR count). The second kappa shape index (κ2) is 8.80. The van der Waals surface area contributed by atoms with Gasteiger partial charge in [-0.15, -0.1) is 0 Å². The van der Waals surface area contributed by atoms with Crippen molar-refractivity contribution in [3.05, 3.63) is 0 Å². The number of aliphatic carboxylic acids is 2. The van der Waals surface area contributed by atoms with Crippen molar-refractivity contribution < 1.29 is 25.3 Å². The summed E-state index contributed by atoms with van der Waals surface area (Å²) in [6, 6.07) is -1.85. The first-order chi connectivity index (χ1) is 6.45. The highest BCUT2D eigenvalue weighted by atomic mass is 33.1. The molecule has 6 N–H and O–H groups in total. The number of rotatable bonds is 7. The Kier molecular flexibility index (Phi) is 9.93. The molecule has 0 fully saturated rings. The van der Waals surface area contributed by atoms with Gasteiger partial charge < -0.3 is 21.7 Å². The lowest BCUT2D eigenvalue weighted by atomic mass is 10.4. The zero-order valence-corrected chi connectivity index (χ0v) is 9.29. The first-order valence-electron chi connectivity index (χ1n) is 3.66. The normalized spacial score (nSPS) is 13.7. The molecule has 0 spiro atoms. The summed E-state index contributed by atoms with van der Waals surface area (Å²) >= 11 is 0. The summed E-state index contributed by atoms with van der Waals surface area (Å²) in [4.78, 5) is 20.5. The average Bonchev–Trinajstić information content (AvgIpc) is 2.11. The number of carbonyl (C=O) groups is 2. The molecular weight excluding hydrogens is 244 g/mol. The predicted octanol–water partition coefficient (Wildman–Crippen LogP) is -0.927. The van der Waals surface area contributed by atoms with E-state index in [2.05, 4.69) is 0 Å². The Labute approximate surface area is 94.3 Å². The molecule has 2 atom stereocenters. The van der Waals surface area contributed by atoms with Crippen LogP contribution in [0.1, 0.15) is 0 Å². The molecule has 1 unspecified atom stereocenters. The monoisotopic (exact) mass is 256 g/mol. The van der Waals surface area contributed by atoms with Gasteiger partial charge in [0.05, 0.1) is 0 Å². The maximum atomic E-state index is 10.3. The molecule has 7 nitrogen and oxygen atoms in total. The predicted molar refractivity (Wildman–Crippen MR) is 56.8 cm³/mol. The summed E-state index contributed by atoms with van der Waals surface area (Å²) in [6.45, 7) is 0. The second-order valence-corrected chi connectivity index (χ2v) is 5.01. The molecule has 0 aromatic carbocycles. The minimum absolute atomic E-state index is 0. The zero-order valence-electron chi connectivity index (χ0n) is 7.66. The molecule has 0 bridgehead atoms. The Hall–Kier alpha value is -0.480. The molecule has 0 amide bonds. The van der Waals surface area contributed by atoms with Gasteiger partial charge in [-0.05, 0) is 0 Å². The van der Waals surface area contributed by atoms with Crippen LogP contribution in [0, 0.1) is 0 Å². The van der Waals surface area contributed by atoms with Crippen LogP contribution in [0.25, 0.3) is 0 Å². The number of carboxylic acid groups (broad SMARTS) is 2. The van der Waals surface area contributed by atoms with E-state index < -0.39 is 24.0 Å². The van der Waals surface area contributed by atoms with Crippen LogP contribution in [0.3, 0.4) is 0 Å². The van der Waals surface area contributed by atoms with Crippen LogP contribution in [0.2, 0.25) is 0 Å². The Balaban J connectivity index is 0. The Morgan fingerprint density at radius 3 is 1.47 bits per heavy atom. The quantitative estimate of drug-likeness (QED) is 0.336. The molecule has 0 aliphatic carbocycles. The minimum Gasteiger partial charge on any atom is -0.480 e. The lowest BCUT2D eigenvalue weighted by Gasteiger charge is -2.07. The van der Waals surface area contributed by atoms with Crippen molar-refractivity contribution in [2.75, 3.05) is 11.5 Å². The van der Waals surface area contributed by atoms with Gasteiger partial charge in [0.2, 0.25) is 0 Å². The third-order valence-corrected chi connectivity index (χ3v) is 3.69. The van der Waals surface area contributed by atoms with Crippen molar-refractivity contribution in [2.45, 2.75) is 12.1 Å². The fraction of sp³-hybridized carbons (Fsp3) is 0.667. The summed E-state index contributed by atoms with van der Waals surface area (Å²) < 4.78 is 0. The fourth-order valence-electron chi connectivity index (χ4n) is 0.385. The minimum atomic E-state index is -1.07. The van der Waals surface area contributed by atoms with Crippen molar-refractivity contribution in [1.29, 1.82) is 0 Å². The van der Waals surface area contributed by atoms with E-state index in [1.165, 1.54) is 21.6 Å². The molecule has 0 aromatic rings. The molecule has 9 heteroatoms. The zero-order chi connectivity index (χ0) is 11.1. The van der Waals surface area contributed by atoms with E-state index in [0.29, 0.717) is 0 Å². The van der Waals surface area contributed by atoms with Crippen LogP contribution >= 0.6 is 21.6 Å². The first-order valence-corrected chi connectivity index (χ1v) is 6.15. The van der Waals surface area contributed by atoms with Gasteiger partial charge in [0.1, 0.15) is 12.1 Å². The number of nitrogens with two attached hydrogens (primary N) is 2. The number of hydrogen-bond donors (Lipinski definition) is 4. The van der Waals surface area contributed by atoms with Crippen molar-refractivity contribution in [2.24, 2.45) is 11.5 Å². The largest absolute Gasteiger partial charge is 0.480 e. The molecule has 0 aliphatic rings. The van der Waals surface area contributed by atoms with Gasteiger partial charge in [-0.2, -0.15) is 0 Å². The van der Waals surface area contributed by atoms with Crippen LogP contribution in [-0.2, 0) is 15.1 Å². The highest BCUT2D eigenvalue weighted by molar-refractivity contribution is 8.76. The average molecular weight is 256 g/mol. The third-order valence-electron chi connectivity index (χ3n) is 1.21. The van der Waals surface area contributed by atoms with E-state index in [1.807, 2.05) is 0 Å². The number of hydrogen-bond acceptors (Lipinski definition) is 6.